The van der Waals surface area contributed by atoms with Gasteiger partial charge in [0.2, 0.25) is 0 Å². The Labute approximate surface area is 51.1 Å². The minimum Gasteiger partial charge on any atom is -0.291 e. The van der Waals surface area contributed by atoms with Crippen molar-refractivity contribution < 1.29 is 4.79 Å². The molecule has 0 saturated carbocycles. The van der Waals surface area contributed by atoms with Gasteiger partial charge in [0.1, 0.15) is 0 Å². The molecule has 0 spiro atoms. The quantitative estimate of drug-likeness (QED) is 0.496. The first-order valence-corrected chi connectivity index (χ1v) is 3.06. The van der Waals surface area contributed by atoms with Gasteiger partial charge in [-0.05, 0) is 6.42 Å². The van der Waals surface area contributed by atoms with Gasteiger partial charge in [0.05, 0.1) is 0 Å². The van der Waals surface area contributed by atoms with Crippen molar-refractivity contribution in [2.24, 2.45) is 0 Å². The topological polar surface area (TPSA) is 17.1 Å². The van der Waals surface area contributed by atoms with Crippen LogP contribution in [-0.4, -0.2) is 6.29 Å². The van der Waals surface area contributed by atoms with Gasteiger partial charge in [-0.25, -0.2) is 0 Å². The lowest BCUT2D eigenvalue weighted by atomic mass is 10.2. The third-order valence-corrected chi connectivity index (χ3v) is 1.03. The smallest absolute Gasteiger partial charge is 0.198 e. The van der Waals surface area contributed by atoms with E-state index in [2.05, 4.69) is 6.92 Å². The van der Waals surface area contributed by atoms with Crippen molar-refractivity contribution in [2.75, 3.05) is 0 Å². The first-order valence-electron chi connectivity index (χ1n) is 3.06. The molecule has 0 rings (SSSR count). The van der Waals surface area contributed by atoms with Crippen LogP contribution < -0.4 is 0 Å². The van der Waals surface area contributed by atoms with Gasteiger partial charge in [0.15, 0.2) is 6.29 Å². The highest BCUT2D eigenvalue weighted by atomic mass is 16.1. The van der Waals surface area contributed by atoms with E-state index in [0.717, 1.165) is 25.7 Å². The van der Waals surface area contributed by atoms with Gasteiger partial charge in [-0.15, -0.1) is 0 Å². The third kappa shape index (κ3) is 5.67. The van der Waals surface area contributed by atoms with Crippen LogP contribution in [0.25, 0.3) is 0 Å². The molecule has 0 atom stereocenters. The first kappa shape index (κ1) is 7.67. The second-order valence-electron chi connectivity index (χ2n) is 1.81. The number of hydrogen-bond acceptors (Lipinski definition) is 1. The van der Waals surface area contributed by atoms with Crippen LogP contribution in [0.4, 0.5) is 0 Å². The lowest BCUT2D eigenvalue weighted by molar-refractivity contribution is 0.545. The molecule has 0 N–H and O–H groups in total. The zero-order valence-corrected chi connectivity index (χ0v) is 5.15. The van der Waals surface area contributed by atoms with Crippen molar-refractivity contribution in [3.05, 3.63) is 6.92 Å². The maximum absolute atomic E-state index is 9.63. The summed E-state index contributed by atoms with van der Waals surface area (Å²) in [7, 11) is 0. The van der Waals surface area contributed by atoms with Gasteiger partial charge in [-0.2, -0.15) is 0 Å². The van der Waals surface area contributed by atoms with Crippen molar-refractivity contribution in [3.8, 4) is 0 Å². The second-order valence-corrected chi connectivity index (χ2v) is 1.81. The predicted molar refractivity (Wildman–Crippen MR) is 34.1 cm³/mol. The molecular formula is C7H12O. The third-order valence-electron chi connectivity index (χ3n) is 1.03. The van der Waals surface area contributed by atoms with E-state index in [-0.39, 0.29) is 0 Å². The highest BCUT2D eigenvalue weighted by molar-refractivity contribution is 5.50. The van der Waals surface area contributed by atoms with Crippen molar-refractivity contribution >= 4 is 6.29 Å². The van der Waals surface area contributed by atoms with E-state index in [1.54, 1.807) is 0 Å². The molecule has 0 amide bonds. The zero-order chi connectivity index (χ0) is 6.24. The molecule has 8 heavy (non-hydrogen) atoms. The van der Waals surface area contributed by atoms with E-state index in [0.29, 0.717) is 6.42 Å². The van der Waals surface area contributed by atoms with Gasteiger partial charge in [0, 0.05) is 6.42 Å². The summed E-state index contributed by atoms with van der Waals surface area (Å²) >= 11 is 0. The summed E-state index contributed by atoms with van der Waals surface area (Å²) in [6.45, 7) is 3.68. The van der Waals surface area contributed by atoms with Crippen molar-refractivity contribution in [3.63, 3.8) is 0 Å². The van der Waals surface area contributed by atoms with E-state index in [9.17, 15) is 4.79 Å². The second kappa shape index (κ2) is 6.67. The number of carbonyl (C=O) groups excluding carboxylic acids is 1. The highest BCUT2D eigenvalue weighted by Crippen LogP contribution is 1.99. The van der Waals surface area contributed by atoms with Crippen molar-refractivity contribution in [1.29, 1.82) is 0 Å². The highest BCUT2D eigenvalue weighted by Gasteiger charge is 1.84. The molecule has 0 aromatic rings. The Morgan fingerprint density at radius 3 is 2.50 bits per heavy atom. The van der Waals surface area contributed by atoms with Gasteiger partial charge >= 0.3 is 0 Å². The van der Waals surface area contributed by atoms with E-state index in [4.69, 9.17) is 0 Å². The summed E-state index contributed by atoms with van der Waals surface area (Å²) in [6, 6.07) is 0. The summed E-state index contributed by atoms with van der Waals surface area (Å²) in [5.74, 6) is 0. The van der Waals surface area contributed by atoms with Crippen LogP contribution in [0.15, 0.2) is 0 Å². The van der Waals surface area contributed by atoms with Crippen LogP contribution in [0.3, 0.4) is 0 Å². The van der Waals surface area contributed by atoms with Gasteiger partial charge in [-0.3, -0.25) is 4.79 Å². The first-order chi connectivity index (χ1) is 3.91. The Balaban J connectivity index is 2.62. The maximum atomic E-state index is 9.63. The molecule has 46 valence electrons. The SMILES string of the molecule is [CH2]CCCCC[C]=O. The minimum absolute atomic E-state index is 0.597. The number of hydrogen-bond donors (Lipinski definition) is 0. The van der Waals surface area contributed by atoms with Crippen molar-refractivity contribution in [1.82, 2.24) is 0 Å². The molecule has 0 unspecified atom stereocenters. The Kier molecular flexibility index (Phi) is 6.39. The largest absolute Gasteiger partial charge is 0.291 e. The normalized spacial score (nSPS) is 9.12. The molecule has 0 aromatic carbocycles. The summed E-state index contributed by atoms with van der Waals surface area (Å²) in [6.07, 6.45) is 6.69. The molecule has 0 fully saturated rings. The zero-order valence-electron chi connectivity index (χ0n) is 5.15. The Hall–Kier alpha value is -0.330. The maximum Gasteiger partial charge on any atom is 0.198 e. The average Bonchev–Trinajstić information content (AvgIpc) is 1.81. The summed E-state index contributed by atoms with van der Waals surface area (Å²) in [5.41, 5.74) is 0. The molecule has 0 aliphatic heterocycles. The fraction of sp³-hybridized carbons (Fsp3) is 0.714. The predicted octanol–water partition coefficient (Wildman–Crippen LogP) is 1.88. The molecule has 0 aliphatic carbocycles. The Morgan fingerprint density at radius 2 is 2.00 bits per heavy atom. The molecule has 0 aliphatic rings. The monoisotopic (exact) mass is 112 g/mol. The van der Waals surface area contributed by atoms with E-state index in [1.165, 1.54) is 0 Å². The molecule has 0 heterocycles. The van der Waals surface area contributed by atoms with Crippen LogP contribution >= 0.6 is 0 Å². The Bertz CT molecular complexity index is 50.3. The lowest BCUT2D eigenvalue weighted by Crippen LogP contribution is -1.76. The fourth-order valence-corrected chi connectivity index (χ4v) is 0.551. The van der Waals surface area contributed by atoms with Gasteiger partial charge in [-0.1, -0.05) is 26.2 Å². The van der Waals surface area contributed by atoms with Crippen LogP contribution in [-0.2, 0) is 4.79 Å². The standard InChI is InChI=1S/C7H12O/c1-2-3-4-5-6-7-8/h1-6H2. The minimum atomic E-state index is 0.597. The summed E-state index contributed by atoms with van der Waals surface area (Å²) < 4.78 is 0. The van der Waals surface area contributed by atoms with Crippen LogP contribution in [0.2, 0.25) is 0 Å². The summed E-state index contributed by atoms with van der Waals surface area (Å²) in [5, 5.41) is 0. The lowest BCUT2D eigenvalue weighted by Gasteiger charge is -1.89. The molecule has 1 heteroatoms. The van der Waals surface area contributed by atoms with E-state index < -0.39 is 0 Å². The molecular weight excluding hydrogens is 100 g/mol. The molecule has 2 radical (unpaired) electrons. The van der Waals surface area contributed by atoms with Crippen LogP contribution in [0, 0.1) is 6.92 Å². The molecule has 1 nitrogen and oxygen atoms in total. The molecule has 0 bridgehead atoms. The number of unbranched alkanes of at least 4 members (excludes halogenated alkanes) is 4. The molecule has 0 saturated heterocycles. The van der Waals surface area contributed by atoms with E-state index >= 15 is 0 Å². The fourth-order valence-electron chi connectivity index (χ4n) is 0.551. The van der Waals surface area contributed by atoms with E-state index in [1.807, 2.05) is 6.29 Å². The average molecular weight is 112 g/mol. The Morgan fingerprint density at radius 1 is 1.25 bits per heavy atom. The van der Waals surface area contributed by atoms with Crippen LogP contribution in [0.1, 0.15) is 32.1 Å². The van der Waals surface area contributed by atoms with Gasteiger partial charge < -0.3 is 0 Å². The number of rotatable bonds is 5. The summed E-state index contributed by atoms with van der Waals surface area (Å²) in [4.78, 5) is 9.63. The van der Waals surface area contributed by atoms with Crippen molar-refractivity contribution in [2.45, 2.75) is 32.1 Å². The van der Waals surface area contributed by atoms with Crippen LogP contribution in [0.5, 0.6) is 0 Å². The van der Waals surface area contributed by atoms with Gasteiger partial charge in [0.25, 0.3) is 0 Å². The molecule has 0 aromatic heterocycles.